The van der Waals surface area contributed by atoms with E-state index in [0.29, 0.717) is 12.6 Å². The number of nitrogens with zero attached hydrogens (tertiary/aromatic N) is 2. The van der Waals surface area contributed by atoms with E-state index in [2.05, 4.69) is 5.10 Å². The van der Waals surface area contributed by atoms with Crippen LogP contribution in [-0.2, 0) is 11.5 Å². The molecule has 0 saturated heterocycles. The third-order valence-electron chi connectivity index (χ3n) is 2.15. The molecule has 0 amide bonds. The monoisotopic (exact) mass is 196 g/mol. The Morgan fingerprint density at radius 1 is 1.71 bits per heavy atom. The van der Waals surface area contributed by atoms with Crippen molar-refractivity contribution >= 4 is 5.97 Å². The Morgan fingerprint density at radius 2 is 2.50 bits per heavy atom. The normalized spacial score (nSPS) is 15.7. The predicted octanol–water partition coefficient (Wildman–Crippen LogP) is 0.965. The molecule has 1 aromatic heterocycles. The SMILES string of the molecule is O=C(O)c1cnn(COCC2CC2)c1. The van der Waals surface area contributed by atoms with Crippen molar-refractivity contribution in [3.8, 4) is 0 Å². The number of carbonyl (C=O) groups is 1. The van der Waals surface area contributed by atoms with Gasteiger partial charge in [0.2, 0.25) is 0 Å². The molecule has 1 heterocycles. The van der Waals surface area contributed by atoms with Gasteiger partial charge in [0.25, 0.3) is 0 Å². The Balaban J connectivity index is 1.79. The Hall–Kier alpha value is -1.36. The average Bonchev–Trinajstić information content (AvgIpc) is 2.82. The first-order valence-corrected chi connectivity index (χ1v) is 4.59. The molecule has 1 aliphatic rings. The molecule has 2 rings (SSSR count). The second kappa shape index (κ2) is 3.79. The lowest BCUT2D eigenvalue weighted by Crippen LogP contribution is -2.05. The largest absolute Gasteiger partial charge is 0.478 e. The van der Waals surface area contributed by atoms with E-state index in [1.54, 1.807) is 0 Å². The highest BCUT2D eigenvalue weighted by Crippen LogP contribution is 2.28. The maximum absolute atomic E-state index is 10.5. The minimum absolute atomic E-state index is 0.194. The van der Waals surface area contributed by atoms with Crippen LogP contribution in [-0.4, -0.2) is 27.5 Å². The van der Waals surface area contributed by atoms with Gasteiger partial charge in [0.1, 0.15) is 6.73 Å². The summed E-state index contributed by atoms with van der Waals surface area (Å²) in [5.74, 6) is -0.247. The van der Waals surface area contributed by atoms with Crippen LogP contribution in [0.15, 0.2) is 12.4 Å². The zero-order valence-electron chi connectivity index (χ0n) is 7.72. The zero-order chi connectivity index (χ0) is 9.97. The number of rotatable bonds is 5. The molecule has 76 valence electrons. The smallest absolute Gasteiger partial charge is 0.338 e. The summed E-state index contributed by atoms with van der Waals surface area (Å²) in [5, 5.41) is 12.5. The van der Waals surface area contributed by atoms with Crippen LogP contribution in [0.1, 0.15) is 23.2 Å². The number of aromatic carboxylic acids is 1. The second-order valence-corrected chi connectivity index (χ2v) is 3.52. The van der Waals surface area contributed by atoms with E-state index in [1.165, 1.54) is 29.9 Å². The van der Waals surface area contributed by atoms with E-state index in [0.717, 1.165) is 6.61 Å². The van der Waals surface area contributed by atoms with Gasteiger partial charge in [-0.2, -0.15) is 5.10 Å². The van der Waals surface area contributed by atoms with Crippen LogP contribution >= 0.6 is 0 Å². The van der Waals surface area contributed by atoms with E-state index in [-0.39, 0.29) is 5.56 Å². The summed E-state index contributed by atoms with van der Waals surface area (Å²) in [6.07, 6.45) is 5.29. The predicted molar refractivity (Wildman–Crippen MR) is 47.9 cm³/mol. The Bertz CT molecular complexity index is 331. The summed E-state index contributed by atoms with van der Waals surface area (Å²) in [5.41, 5.74) is 0.194. The fourth-order valence-electron chi connectivity index (χ4n) is 1.14. The van der Waals surface area contributed by atoms with E-state index in [9.17, 15) is 4.79 Å². The van der Waals surface area contributed by atoms with E-state index in [4.69, 9.17) is 9.84 Å². The lowest BCUT2D eigenvalue weighted by Gasteiger charge is -2.01. The minimum atomic E-state index is -0.960. The molecule has 5 nitrogen and oxygen atoms in total. The van der Waals surface area contributed by atoms with E-state index in [1.807, 2.05) is 0 Å². The number of hydrogen-bond donors (Lipinski definition) is 1. The van der Waals surface area contributed by atoms with Gasteiger partial charge in [-0.25, -0.2) is 9.48 Å². The molecule has 1 saturated carbocycles. The quantitative estimate of drug-likeness (QED) is 0.762. The molecule has 14 heavy (non-hydrogen) atoms. The van der Waals surface area contributed by atoms with Crippen LogP contribution in [0.25, 0.3) is 0 Å². The Labute approximate surface area is 81.3 Å². The third kappa shape index (κ3) is 2.32. The first kappa shape index (κ1) is 9.21. The number of aromatic nitrogens is 2. The fourth-order valence-corrected chi connectivity index (χ4v) is 1.14. The van der Waals surface area contributed by atoms with Crippen molar-refractivity contribution in [3.63, 3.8) is 0 Å². The number of carboxylic acids is 1. The van der Waals surface area contributed by atoms with Crippen molar-refractivity contribution in [1.82, 2.24) is 9.78 Å². The van der Waals surface area contributed by atoms with Gasteiger partial charge >= 0.3 is 5.97 Å². The third-order valence-corrected chi connectivity index (χ3v) is 2.15. The fraction of sp³-hybridized carbons (Fsp3) is 0.556. The van der Waals surface area contributed by atoms with Gasteiger partial charge in [-0.1, -0.05) is 0 Å². The van der Waals surface area contributed by atoms with E-state index >= 15 is 0 Å². The van der Waals surface area contributed by atoms with Crippen molar-refractivity contribution < 1.29 is 14.6 Å². The minimum Gasteiger partial charge on any atom is -0.478 e. The van der Waals surface area contributed by atoms with E-state index < -0.39 is 5.97 Å². The van der Waals surface area contributed by atoms with Crippen molar-refractivity contribution in [2.24, 2.45) is 5.92 Å². The van der Waals surface area contributed by atoms with Crippen LogP contribution in [0.4, 0.5) is 0 Å². The molecule has 0 aromatic carbocycles. The Morgan fingerprint density at radius 3 is 3.07 bits per heavy atom. The first-order chi connectivity index (χ1) is 6.75. The first-order valence-electron chi connectivity index (χ1n) is 4.59. The highest BCUT2D eigenvalue weighted by atomic mass is 16.5. The highest BCUT2D eigenvalue weighted by molar-refractivity contribution is 5.86. The lowest BCUT2D eigenvalue weighted by molar-refractivity contribution is 0.0608. The molecule has 1 aromatic rings. The molecule has 0 atom stereocenters. The molecular weight excluding hydrogens is 184 g/mol. The van der Waals surface area contributed by atoms with Crippen molar-refractivity contribution in [1.29, 1.82) is 0 Å². The summed E-state index contributed by atoms with van der Waals surface area (Å²) in [6, 6.07) is 0. The molecule has 0 unspecified atom stereocenters. The number of ether oxygens (including phenoxy) is 1. The molecular formula is C9H12N2O3. The summed E-state index contributed by atoms with van der Waals surface area (Å²) >= 11 is 0. The van der Waals surface area contributed by atoms with Crippen LogP contribution < -0.4 is 0 Å². The zero-order valence-corrected chi connectivity index (χ0v) is 7.72. The molecule has 0 aliphatic heterocycles. The van der Waals surface area contributed by atoms with Crippen LogP contribution in [0.5, 0.6) is 0 Å². The van der Waals surface area contributed by atoms with Gasteiger partial charge in [0, 0.05) is 6.20 Å². The topological polar surface area (TPSA) is 64.3 Å². The van der Waals surface area contributed by atoms with Crippen LogP contribution in [0, 0.1) is 5.92 Å². The standard InChI is InChI=1S/C9H12N2O3/c12-9(13)8-3-10-11(4-8)6-14-5-7-1-2-7/h3-4,7H,1-2,5-6H2,(H,12,13). The van der Waals surface area contributed by atoms with Gasteiger partial charge in [-0.05, 0) is 18.8 Å². The lowest BCUT2D eigenvalue weighted by atomic mass is 10.4. The molecule has 0 spiro atoms. The van der Waals surface area contributed by atoms with Gasteiger partial charge in [-0.15, -0.1) is 0 Å². The second-order valence-electron chi connectivity index (χ2n) is 3.52. The molecule has 1 N–H and O–H groups in total. The highest BCUT2D eigenvalue weighted by Gasteiger charge is 2.21. The summed E-state index contributed by atoms with van der Waals surface area (Å²) in [4.78, 5) is 10.5. The summed E-state index contributed by atoms with van der Waals surface area (Å²) in [6.45, 7) is 1.09. The molecule has 1 aliphatic carbocycles. The van der Waals surface area contributed by atoms with Crippen molar-refractivity contribution in [2.75, 3.05) is 6.61 Å². The van der Waals surface area contributed by atoms with Crippen molar-refractivity contribution in [2.45, 2.75) is 19.6 Å². The van der Waals surface area contributed by atoms with Gasteiger partial charge < -0.3 is 9.84 Å². The molecule has 0 bridgehead atoms. The van der Waals surface area contributed by atoms with Gasteiger partial charge in [-0.3, -0.25) is 0 Å². The number of hydrogen-bond acceptors (Lipinski definition) is 3. The van der Waals surface area contributed by atoms with Crippen molar-refractivity contribution in [3.05, 3.63) is 18.0 Å². The molecule has 0 radical (unpaired) electrons. The number of carboxylic acid groups (broad SMARTS) is 1. The summed E-state index contributed by atoms with van der Waals surface area (Å²) < 4.78 is 6.84. The maximum atomic E-state index is 10.5. The van der Waals surface area contributed by atoms with Gasteiger partial charge in [0.15, 0.2) is 0 Å². The maximum Gasteiger partial charge on any atom is 0.338 e. The summed E-state index contributed by atoms with van der Waals surface area (Å²) in [7, 11) is 0. The molecule has 5 heteroatoms. The molecule has 1 fully saturated rings. The van der Waals surface area contributed by atoms with Crippen LogP contribution in [0.2, 0.25) is 0 Å². The Kier molecular flexibility index (Phi) is 2.49. The van der Waals surface area contributed by atoms with Gasteiger partial charge in [0.05, 0.1) is 18.4 Å². The van der Waals surface area contributed by atoms with Crippen LogP contribution in [0.3, 0.4) is 0 Å². The average molecular weight is 196 g/mol.